The number of carbonyl (C=O) groups is 1. The Hall–Kier alpha value is -2.36. The highest BCUT2D eigenvalue weighted by Gasteiger charge is 2.01. The zero-order valence-electron chi connectivity index (χ0n) is 9.27. The predicted octanol–water partition coefficient (Wildman–Crippen LogP) is 1.71. The summed E-state index contributed by atoms with van der Waals surface area (Å²) in [6, 6.07) is 6.80. The number of rotatable bonds is 2. The van der Waals surface area contributed by atoms with Crippen LogP contribution < -0.4 is 5.43 Å². The number of methoxy groups -OCH3 is 1. The van der Waals surface area contributed by atoms with Gasteiger partial charge in [-0.15, -0.1) is 0 Å². The summed E-state index contributed by atoms with van der Waals surface area (Å²) in [5.41, 5.74) is 1.43. The highest BCUT2D eigenvalue weighted by atomic mass is 16.5. The van der Waals surface area contributed by atoms with Gasteiger partial charge < -0.3 is 9.72 Å². The van der Waals surface area contributed by atoms with Gasteiger partial charge in [-0.25, -0.2) is 4.79 Å². The van der Waals surface area contributed by atoms with E-state index in [2.05, 4.69) is 9.72 Å². The van der Waals surface area contributed by atoms with E-state index in [4.69, 9.17) is 0 Å². The number of H-pyrrole nitrogens is 1. The smallest absolute Gasteiger partial charge is 0.330 e. The van der Waals surface area contributed by atoms with Crippen molar-refractivity contribution in [2.24, 2.45) is 0 Å². The van der Waals surface area contributed by atoms with Gasteiger partial charge in [-0.2, -0.15) is 0 Å². The monoisotopic (exact) mass is 229 g/mol. The van der Waals surface area contributed by atoms with Crippen molar-refractivity contribution < 1.29 is 9.53 Å². The van der Waals surface area contributed by atoms with E-state index < -0.39 is 5.97 Å². The van der Waals surface area contributed by atoms with Crippen LogP contribution in [0.15, 0.2) is 41.3 Å². The number of nitrogens with one attached hydrogen (secondary N) is 1. The molecular formula is C13H11NO3. The number of para-hydroxylation sites is 1. The molecule has 0 aliphatic carbocycles. The largest absolute Gasteiger partial charge is 0.466 e. The Balaban J connectivity index is 2.56. The van der Waals surface area contributed by atoms with Crippen LogP contribution in [-0.4, -0.2) is 18.1 Å². The van der Waals surface area contributed by atoms with Gasteiger partial charge in [-0.1, -0.05) is 12.1 Å². The predicted molar refractivity (Wildman–Crippen MR) is 65.6 cm³/mol. The summed E-state index contributed by atoms with van der Waals surface area (Å²) in [6.07, 6.45) is 4.52. The molecule has 0 saturated carbocycles. The minimum absolute atomic E-state index is 0.0490. The van der Waals surface area contributed by atoms with Crippen molar-refractivity contribution in [2.75, 3.05) is 7.11 Å². The molecule has 0 fully saturated rings. The zero-order chi connectivity index (χ0) is 12.3. The molecular weight excluding hydrogens is 218 g/mol. The van der Waals surface area contributed by atoms with Gasteiger partial charge >= 0.3 is 5.97 Å². The molecule has 2 aromatic rings. The van der Waals surface area contributed by atoms with Gasteiger partial charge in [0.2, 0.25) is 0 Å². The maximum Gasteiger partial charge on any atom is 0.330 e. The minimum atomic E-state index is -0.430. The first-order valence-corrected chi connectivity index (χ1v) is 5.09. The molecule has 0 atom stereocenters. The topological polar surface area (TPSA) is 59.2 Å². The van der Waals surface area contributed by atoms with Crippen LogP contribution in [0.4, 0.5) is 0 Å². The van der Waals surface area contributed by atoms with E-state index in [-0.39, 0.29) is 5.43 Å². The third-order valence-corrected chi connectivity index (χ3v) is 2.42. The standard InChI is InChI=1S/C13H11NO3/c1-17-12(16)6-5-9-3-2-4-10-11(15)7-8-14-13(9)10/h2-8H,1H3,(H,14,15). The van der Waals surface area contributed by atoms with Crippen molar-refractivity contribution in [1.82, 2.24) is 4.98 Å². The summed E-state index contributed by atoms with van der Waals surface area (Å²) in [4.78, 5) is 25.6. The molecule has 0 amide bonds. The van der Waals surface area contributed by atoms with Gasteiger partial charge in [0.25, 0.3) is 0 Å². The molecule has 0 bridgehead atoms. The Labute approximate surface area is 97.5 Å². The van der Waals surface area contributed by atoms with E-state index in [1.54, 1.807) is 24.4 Å². The molecule has 1 aromatic heterocycles. The van der Waals surface area contributed by atoms with Gasteiger partial charge in [0, 0.05) is 23.7 Å². The lowest BCUT2D eigenvalue weighted by Crippen LogP contribution is -2.00. The number of benzene rings is 1. The number of pyridine rings is 1. The Morgan fingerprint density at radius 3 is 2.94 bits per heavy atom. The second-order valence-electron chi connectivity index (χ2n) is 3.47. The summed E-state index contributed by atoms with van der Waals surface area (Å²) >= 11 is 0. The van der Waals surface area contributed by atoms with Crippen LogP contribution in [0.1, 0.15) is 5.56 Å². The van der Waals surface area contributed by atoms with Crippen molar-refractivity contribution in [3.05, 3.63) is 52.3 Å². The molecule has 0 saturated heterocycles. The Bertz CT molecular complexity index is 640. The molecule has 4 nitrogen and oxygen atoms in total. The van der Waals surface area contributed by atoms with Crippen LogP contribution in [0.5, 0.6) is 0 Å². The Morgan fingerprint density at radius 2 is 2.18 bits per heavy atom. The van der Waals surface area contributed by atoms with Crippen molar-refractivity contribution in [3.63, 3.8) is 0 Å². The first-order chi connectivity index (χ1) is 8.22. The van der Waals surface area contributed by atoms with Crippen LogP contribution in [0.25, 0.3) is 17.0 Å². The van der Waals surface area contributed by atoms with Crippen LogP contribution in [-0.2, 0) is 9.53 Å². The van der Waals surface area contributed by atoms with Crippen LogP contribution >= 0.6 is 0 Å². The molecule has 0 aliphatic heterocycles. The molecule has 0 unspecified atom stereocenters. The number of carbonyl (C=O) groups excluding carboxylic acids is 1. The number of ether oxygens (including phenoxy) is 1. The molecule has 2 rings (SSSR count). The third kappa shape index (κ3) is 2.25. The number of aromatic amines is 1. The molecule has 1 heterocycles. The average molecular weight is 229 g/mol. The maximum atomic E-state index is 11.6. The summed E-state index contributed by atoms with van der Waals surface area (Å²) in [5, 5.41) is 0.597. The Kier molecular flexibility index (Phi) is 3.05. The highest BCUT2D eigenvalue weighted by Crippen LogP contribution is 2.14. The molecule has 4 heteroatoms. The number of esters is 1. The van der Waals surface area contributed by atoms with Gasteiger partial charge in [0.1, 0.15) is 0 Å². The summed E-state index contributed by atoms with van der Waals surface area (Å²) < 4.78 is 4.51. The van der Waals surface area contributed by atoms with Gasteiger partial charge in [-0.3, -0.25) is 4.79 Å². The minimum Gasteiger partial charge on any atom is -0.466 e. The third-order valence-electron chi connectivity index (χ3n) is 2.42. The Morgan fingerprint density at radius 1 is 1.35 bits per heavy atom. The molecule has 0 radical (unpaired) electrons. The fourth-order valence-electron chi connectivity index (χ4n) is 1.59. The normalized spacial score (nSPS) is 10.9. The molecule has 1 N–H and O–H groups in total. The summed E-state index contributed by atoms with van der Waals surface area (Å²) in [5.74, 6) is -0.430. The number of hydrogen-bond donors (Lipinski definition) is 1. The quantitative estimate of drug-likeness (QED) is 0.630. The molecule has 1 aromatic carbocycles. The van der Waals surface area contributed by atoms with E-state index >= 15 is 0 Å². The van der Waals surface area contributed by atoms with E-state index in [0.29, 0.717) is 10.9 Å². The second-order valence-corrected chi connectivity index (χ2v) is 3.47. The molecule has 0 aliphatic rings. The van der Waals surface area contributed by atoms with E-state index in [0.717, 1.165) is 5.56 Å². The molecule has 0 spiro atoms. The number of aromatic nitrogens is 1. The fourth-order valence-corrected chi connectivity index (χ4v) is 1.59. The molecule has 17 heavy (non-hydrogen) atoms. The maximum absolute atomic E-state index is 11.6. The van der Waals surface area contributed by atoms with E-state index in [1.807, 2.05) is 6.07 Å². The van der Waals surface area contributed by atoms with Gasteiger partial charge in [0.15, 0.2) is 5.43 Å². The van der Waals surface area contributed by atoms with Crippen molar-refractivity contribution in [3.8, 4) is 0 Å². The van der Waals surface area contributed by atoms with Crippen LogP contribution in [0, 0.1) is 0 Å². The lowest BCUT2D eigenvalue weighted by Gasteiger charge is -2.00. The van der Waals surface area contributed by atoms with Crippen molar-refractivity contribution in [1.29, 1.82) is 0 Å². The lowest BCUT2D eigenvalue weighted by atomic mass is 10.1. The first-order valence-electron chi connectivity index (χ1n) is 5.09. The number of fused-ring (bicyclic) bond motifs is 1. The summed E-state index contributed by atoms with van der Waals surface area (Å²) in [7, 11) is 1.32. The zero-order valence-corrected chi connectivity index (χ0v) is 9.27. The second kappa shape index (κ2) is 4.65. The average Bonchev–Trinajstić information content (AvgIpc) is 2.36. The van der Waals surface area contributed by atoms with Crippen molar-refractivity contribution in [2.45, 2.75) is 0 Å². The van der Waals surface area contributed by atoms with E-state index in [1.165, 1.54) is 19.3 Å². The van der Waals surface area contributed by atoms with E-state index in [9.17, 15) is 9.59 Å². The van der Waals surface area contributed by atoms with Crippen LogP contribution in [0.2, 0.25) is 0 Å². The highest BCUT2D eigenvalue weighted by molar-refractivity contribution is 5.92. The summed E-state index contributed by atoms with van der Waals surface area (Å²) in [6.45, 7) is 0. The lowest BCUT2D eigenvalue weighted by molar-refractivity contribution is -0.134. The van der Waals surface area contributed by atoms with Gasteiger partial charge in [0.05, 0.1) is 12.6 Å². The van der Waals surface area contributed by atoms with Gasteiger partial charge in [-0.05, 0) is 17.7 Å². The first kappa shape index (κ1) is 11.1. The fraction of sp³-hybridized carbons (Fsp3) is 0.0769. The SMILES string of the molecule is COC(=O)C=Cc1cccc2c(=O)cc[nH]c12. The number of hydrogen-bond acceptors (Lipinski definition) is 3. The van der Waals surface area contributed by atoms with Crippen LogP contribution in [0.3, 0.4) is 0 Å². The van der Waals surface area contributed by atoms with Crippen molar-refractivity contribution >= 4 is 22.9 Å². The molecule has 86 valence electrons.